The van der Waals surface area contributed by atoms with Gasteiger partial charge in [-0.1, -0.05) is 23.7 Å². The Labute approximate surface area is 194 Å². The molecule has 1 atom stereocenters. The zero-order valence-electron chi connectivity index (χ0n) is 18.1. The standard InChI is InChI=1S/C23H25BrClN3O3/c1-13-10-14(12-27(5)20(13)29)11-17(15-6-8-16(25)9-7-15)19-18(21(30)31)26-22(24)28(19)23(2,3)4/h6-10,12,17H,11H2,1-5H3,(H,30,31). The van der Waals surface area contributed by atoms with Gasteiger partial charge >= 0.3 is 5.97 Å². The van der Waals surface area contributed by atoms with Crippen molar-refractivity contribution in [2.24, 2.45) is 7.05 Å². The number of carbonyl (C=O) groups is 1. The maximum absolute atomic E-state index is 12.2. The second-order valence-corrected chi connectivity index (χ2v) is 9.83. The van der Waals surface area contributed by atoms with Crippen LogP contribution in [0.1, 0.15) is 59.6 Å². The van der Waals surface area contributed by atoms with E-state index in [1.165, 1.54) is 0 Å². The maximum atomic E-state index is 12.2. The molecule has 1 N–H and O–H groups in total. The Morgan fingerprint density at radius 3 is 2.39 bits per heavy atom. The average molecular weight is 507 g/mol. The third-order valence-electron chi connectivity index (χ3n) is 5.21. The Kier molecular flexibility index (Phi) is 6.48. The molecule has 164 valence electrons. The van der Waals surface area contributed by atoms with Crippen molar-refractivity contribution in [3.05, 3.63) is 84.7 Å². The third-order valence-corrected chi connectivity index (χ3v) is 5.99. The Morgan fingerprint density at radius 2 is 1.87 bits per heavy atom. The molecule has 2 heterocycles. The van der Waals surface area contributed by atoms with Crippen LogP contribution in [0.2, 0.25) is 5.02 Å². The summed E-state index contributed by atoms with van der Waals surface area (Å²) in [5.74, 6) is -1.41. The lowest BCUT2D eigenvalue weighted by molar-refractivity contribution is 0.0689. The van der Waals surface area contributed by atoms with Crippen molar-refractivity contribution >= 4 is 33.5 Å². The average Bonchev–Trinajstić information content (AvgIpc) is 3.02. The molecular weight excluding hydrogens is 482 g/mol. The van der Waals surface area contributed by atoms with E-state index in [1.54, 1.807) is 36.9 Å². The number of hydrogen-bond donors (Lipinski definition) is 1. The van der Waals surface area contributed by atoms with E-state index in [0.717, 1.165) is 11.1 Å². The van der Waals surface area contributed by atoms with Gasteiger partial charge in [0, 0.05) is 35.3 Å². The molecule has 0 fully saturated rings. The molecule has 0 amide bonds. The van der Waals surface area contributed by atoms with Gasteiger partial charge in [0.15, 0.2) is 10.4 Å². The van der Waals surface area contributed by atoms with E-state index >= 15 is 0 Å². The number of imidazole rings is 1. The topological polar surface area (TPSA) is 77.1 Å². The van der Waals surface area contributed by atoms with Gasteiger partial charge in [-0.25, -0.2) is 9.78 Å². The predicted molar refractivity (Wildman–Crippen MR) is 125 cm³/mol. The number of carboxylic acids is 1. The molecule has 3 rings (SSSR count). The Balaban J connectivity index is 2.29. The molecule has 6 nitrogen and oxygen atoms in total. The molecule has 31 heavy (non-hydrogen) atoms. The van der Waals surface area contributed by atoms with Crippen LogP contribution in [-0.4, -0.2) is 25.2 Å². The first kappa shape index (κ1) is 23.3. The highest BCUT2D eigenvalue weighted by molar-refractivity contribution is 9.10. The zero-order chi connectivity index (χ0) is 23.1. The van der Waals surface area contributed by atoms with Gasteiger partial charge in [-0.15, -0.1) is 0 Å². The van der Waals surface area contributed by atoms with E-state index in [4.69, 9.17) is 11.6 Å². The highest BCUT2D eigenvalue weighted by Gasteiger charge is 2.33. The molecule has 0 spiro atoms. The summed E-state index contributed by atoms with van der Waals surface area (Å²) in [6.07, 6.45) is 2.29. The molecule has 3 aromatic rings. The molecule has 0 aliphatic rings. The van der Waals surface area contributed by atoms with Crippen LogP contribution in [0.3, 0.4) is 0 Å². The molecule has 0 bridgehead atoms. The monoisotopic (exact) mass is 505 g/mol. The largest absolute Gasteiger partial charge is 0.476 e. The van der Waals surface area contributed by atoms with E-state index in [2.05, 4.69) is 20.9 Å². The summed E-state index contributed by atoms with van der Waals surface area (Å²) >= 11 is 9.58. The van der Waals surface area contributed by atoms with Crippen LogP contribution in [0.25, 0.3) is 0 Å². The second kappa shape index (κ2) is 8.63. The number of hydrogen-bond acceptors (Lipinski definition) is 3. The van der Waals surface area contributed by atoms with Crippen LogP contribution in [0.15, 0.2) is 46.1 Å². The Morgan fingerprint density at radius 1 is 1.26 bits per heavy atom. The molecule has 0 aliphatic carbocycles. The van der Waals surface area contributed by atoms with E-state index in [1.807, 2.05) is 43.5 Å². The number of halogens is 2. The van der Waals surface area contributed by atoms with E-state index < -0.39 is 11.5 Å². The summed E-state index contributed by atoms with van der Waals surface area (Å²) in [4.78, 5) is 28.6. The molecule has 0 radical (unpaired) electrons. The fourth-order valence-electron chi connectivity index (χ4n) is 3.90. The lowest BCUT2D eigenvalue weighted by Crippen LogP contribution is -2.27. The van der Waals surface area contributed by atoms with Crippen molar-refractivity contribution in [3.8, 4) is 0 Å². The summed E-state index contributed by atoms with van der Waals surface area (Å²) < 4.78 is 3.94. The van der Waals surface area contributed by atoms with Gasteiger partial charge < -0.3 is 14.2 Å². The molecule has 1 aromatic carbocycles. The highest BCUT2D eigenvalue weighted by atomic mass is 79.9. The SMILES string of the molecule is Cc1cc(CC(c2ccc(Cl)cc2)c2c(C(=O)O)nc(Br)n2C(C)(C)C)cn(C)c1=O. The van der Waals surface area contributed by atoms with Crippen molar-refractivity contribution < 1.29 is 9.90 Å². The fourth-order valence-corrected chi connectivity index (χ4v) is 4.92. The zero-order valence-corrected chi connectivity index (χ0v) is 20.5. The number of carboxylic acid groups (broad SMARTS) is 1. The number of pyridine rings is 1. The van der Waals surface area contributed by atoms with Gasteiger partial charge in [-0.3, -0.25) is 4.79 Å². The molecule has 1 unspecified atom stereocenters. The minimum Gasteiger partial charge on any atom is -0.476 e. The van der Waals surface area contributed by atoms with Gasteiger partial charge in [0.2, 0.25) is 0 Å². The number of aromatic carboxylic acids is 1. The predicted octanol–water partition coefficient (Wildman–Crippen LogP) is 5.13. The van der Waals surface area contributed by atoms with E-state index in [0.29, 0.717) is 27.4 Å². The first-order chi connectivity index (χ1) is 14.4. The lowest BCUT2D eigenvalue weighted by Gasteiger charge is -2.29. The van der Waals surface area contributed by atoms with Crippen LogP contribution < -0.4 is 5.56 Å². The second-order valence-electron chi connectivity index (χ2n) is 8.68. The first-order valence-corrected chi connectivity index (χ1v) is 11.0. The van der Waals surface area contributed by atoms with Crippen LogP contribution in [-0.2, 0) is 19.0 Å². The van der Waals surface area contributed by atoms with Crippen LogP contribution in [0.4, 0.5) is 0 Å². The molecule has 8 heteroatoms. The van der Waals surface area contributed by atoms with Crippen LogP contribution in [0.5, 0.6) is 0 Å². The molecule has 0 aliphatic heterocycles. The van der Waals surface area contributed by atoms with Crippen LogP contribution in [0, 0.1) is 6.92 Å². The number of nitrogens with zero attached hydrogens (tertiary/aromatic N) is 3. The molecule has 0 saturated heterocycles. The summed E-state index contributed by atoms with van der Waals surface area (Å²) in [5, 5.41) is 10.5. The van der Waals surface area contributed by atoms with Gasteiger partial charge in [-0.2, -0.15) is 0 Å². The maximum Gasteiger partial charge on any atom is 0.356 e. The Hall–Kier alpha value is -2.38. The minimum absolute atomic E-state index is 0.00305. The van der Waals surface area contributed by atoms with Gasteiger partial charge in [0.1, 0.15) is 0 Å². The lowest BCUT2D eigenvalue weighted by atomic mass is 9.87. The van der Waals surface area contributed by atoms with Crippen molar-refractivity contribution in [3.63, 3.8) is 0 Å². The van der Waals surface area contributed by atoms with Crippen molar-refractivity contribution in [1.29, 1.82) is 0 Å². The molecule has 0 saturated carbocycles. The van der Waals surface area contributed by atoms with E-state index in [9.17, 15) is 14.7 Å². The van der Waals surface area contributed by atoms with Crippen molar-refractivity contribution in [1.82, 2.24) is 14.1 Å². The smallest absolute Gasteiger partial charge is 0.356 e. The van der Waals surface area contributed by atoms with Gasteiger partial charge in [0.25, 0.3) is 5.56 Å². The minimum atomic E-state index is -1.09. The number of aromatic nitrogens is 3. The van der Waals surface area contributed by atoms with E-state index in [-0.39, 0.29) is 17.2 Å². The summed E-state index contributed by atoms with van der Waals surface area (Å²) in [6.45, 7) is 7.79. The quantitative estimate of drug-likeness (QED) is 0.520. The Bertz CT molecular complexity index is 1160. The number of rotatable bonds is 5. The molecule has 2 aromatic heterocycles. The fraction of sp³-hybridized carbons (Fsp3) is 0.348. The summed E-state index contributed by atoms with van der Waals surface area (Å²) in [6, 6.07) is 9.26. The normalized spacial score (nSPS) is 12.7. The van der Waals surface area contributed by atoms with Gasteiger partial charge in [0.05, 0.1) is 5.69 Å². The summed E-state index contributed by atoms with van der Waals surface area (Å²) in [5.41, 5.74) is 2.60. The third kappa shape index (κ3) is 4.77. The van der Waals surface area contributed by atoms with Crippen molar-refractivity contribution in [2.45, 2.75) is 45.6 Å². The van der Waals surface area contributed by atoms with Crippen molar-refractivity contribution in [2.75, 3.05) is 0 Å². The molecular formula is C23H25BrClN3O3. The van der Waals surface area contributed by atoms with Gasteiger partial charge in [-0.05, 0) is 79.4 Å². The number of aryl methyl sites for hydroxylation is 2. The first-order valence-electron chi connectivity index (χ1n) is 9.83. The van der Waals surface area contributed by atoms with Crippen LogP contribution >= 0.6 is 27.5 Å². The highest BCUT2D eigenvalue weighted by Crippen LogP contribution is 2.37. The summed E-state index contributed by atoms with van der Waals surface area (Å²) in [7, 11) is 1.72. The number of benzene rings is 1.